The molecule has 1 N–H and O–H groups in total. The highest BCUT2D eigenvalue weighted by Gasteiger charge is 2.35. The monoisotopic (exact) mass is 643 g/mol. The van der Waals surface area contributed by atoms with Gasteiger partial charge in [-0.25, -0.2) is 8.42 Å². The van der Waals surface area contributed by atoms with Gasteiger partial charge in [0, 0.05) is 24.0 Å². The van der Waals surface area contributed by atoms with Gasteiger partial charge in [0.2, 0.25) is 11.8 Å². The number of halogens is 1. The fourth-order valence-corrected chi connectivity index (χ4v) is 7.42. The van der Waals surface area contributed by atoms with Crippen LogP contribution in [0.3, 0.4) is 0 Å². The second kappa shape index (κ2) is 15.2. The van der Waals surface area contributed by atoms with Crippen molar-refractivity contribution in [1.82, 2.24) is 10.2 Å². The van der Waals surface area contributed by atoms with Gasteiger partial charge >= 0.3 is 0 Å². The van der Waals surface area contributed by atoms with E-state index < -0.39 is 28.5 Å². The minimum absolute atomic E-state index is 0.0342. The maximum atomic E-state index is 14.5. The van der Waals surface area contributed by atoms with E-state index in [1.165, 1.54) is 17.0 Å². The molecule has 45 heavy (non-hydrogen) atoms. The third-order valence-electron chi connectivity index (χ3n) is 8.12. The second-order valence-corrected chi connectivity index (χ2v) is 13.7. The molecule has 2 amide bonds. The van der Waals surface area contributed by atoms with Crippen LogP contribution < -0.4 is 9.62 Å². The lowest BCUT2D eigenvalue weighted by molar-refractivity contribution is -0.140. The summed E-state index contributed by atoms with van der Waals surface area (Å²) in [7, 11) is -4.13. The highest BCUT2D eigenvalue weighted by molar-refractivity contribution is 7.92. The Bertz CT molecular complexity index is 1660. The molecule has 0 aliphatic heterocycles. The average Bonchev–Trinajstić information content (AvgIpc) is 3.07. The average molecular weight is 644 g/mol. The fraction of sp³-hybridized carbons (Fsp3) is 0.278. The van der Waals surface area contributed by atoms with Gasteiger partial charge in [-0.2, -0.15) is 0 Å². The molecule has 0 unspecified atom stereocenters. The normalized spacial score (nSPS) is 14.3. The molecular formula is C36H38ClN3O4S. The van der Waals surface area contributed by atoms with Crippen molar-refractivity contribution >= 4 is 39.1 Å². The van der Waals surface area contributed by atoms with Gasteiger partial charge in [-0.3, -0.25) is 13.9 Å². The first kappa shape index (κ1) is 32.3. The summed E-state index contributed by atoms with van der Waals surface area (Å²) in [5.41, 5.74) is 1.97. The van der Waals surface area contributed by atoms with Crippen molar-refractivity contribution in [2.45, 2.75) is 62.0 Å². The molecule has 0 aromatic heterocycles. The largest absolute Gasteiger partial charge is 0.352 e. The molecule has 1 fully saturated rings. The topological polar surface area (TPSA) is 86.8 Å². The van der Waals surface area contributed by atoms with Gasteiger partial charge < -0.3 is 10.2 Å². The predicted octanol–water partition coefficient (Wildman–Crippen LogP) is 6.62. The fourth-order valence-electron chi connectivity index (χ4n) is 5.77. The number of hydrogen-bond donors (Lipinski definition) is 1. The Labute approximate surface area is 270 Å². The van der Waals surface area contributed by atoms with Crippen molar-refractivity contribution in [3.63, 3.8) is 0 Å². The third kappa shape index (κ3) is 8.53. The molecular weight excluding hydrogens is 606 g/mol. The van der Waals surface area contributed by atoms with Gasteiger partial charge in [0.25, 0.3) is 10.0 Å². The van der Waals surface area contributed by atoms with Crippen LogP contribution in [-0.2, 0) is 32.6 Å². The molecule has 234 valence electrons. The van der Waals surface area contributed by atoms with E-state index in [-0.39, 0.29) is 29.8 Å². The van der Waals surface area contributed by atoms with Crippen molar-refractivity contribution in [2.24, 2.45) is 0 Å². The van der Waals surface area contributed by atoms with Crippen LogP contribution in [0.25, 0.3) is 0 Å². The predicted molar refractivity (Wildman–Crippen MR) is 178 cm³/mol. The lowest BCUT2D eigenvalue weighted by Gasteiger charge is -2.35. The number of benzene rings is 4. The van der Waals surface area contributed by atoms with Gasteiger partial charge in [-0.05, 0) is 60.4 Å². The van der Waals surface area contributed by atoms with Crippen LogP contribution in [0.5, 0.6) is 0 Å². The van der Waals surface area contributed by atoms with E-state index in [4.69, 9.17) is 11.6 Å². The zero-order chi connectivity index (χ0) is 31.6. The summed E-state index contributed by atoms with van der Waals surface area (Å²) in [6.07, 6.45) is 5.28. The molecule has 1 atom stereocenters. The van der Waals surface area contributed by atoms with E-state index in [1.807, 2.05) is 36.4 Å². The Morgan fingerprint density at radius 2 is 1.38 bits per heavy atom. The Hall–Kier alpha value is -4.14. The Morgan fingerprint density at radius 3 is 2.02 bits per heavy atom. The number of amides is 2. The minimum Gasteiger partial charge on any atom is -0.352 e. The molecule has 1 aliphatic carbocycles. The van der Waals surface area contributed by atoms with Crippen LogP contribution in [0, 0.1) is 0 Å². The highest BCUT2D eigenvalue weighted by Crippen LogP contribution is 2.26. The van der Waals surface area contributed by atoms with Gasteiger partial charge in [0.15, 0.2) is 0 Å². The molecule has 4 aromatic carbocycles. The smallest absolute Gasteiger partial charge is 0.264 e. The number of anilines is 1. The second-order valence-electron chi connectivity index (χ2n) is 11.4. The molecule has 4 aromatic rings. The molecule has 0 radical (unpaired) electrons. The molecule has 1 aliphatic rings. The summed E-state index contributed by atoms with van der Waals surface area (Å²) in [5, 5.41) is 3.73. The zero-order valence-corrected chi connectivity index (χ0v) is 26.7. The maximum Gasteiger partial charge on any atom is 0.264 e. The van der Waals surface area contributed by atoms with E-state index in [9.17, 15) is 18.0 Å². The number of carbonyl (C=O) groups excluding carboxylic acids is 2. The summed E-state index contributed by atoms with van der Waals surface area (Å²) < 4.78 is 29.1. The third-order valence-corrected chi connectivity index (χ3v) is 10.1. The number of nitrogens with one attached hydrogen (secondary N) is 1. The van der Waals surface area contributed by atoms with Gasteiger partial charge in [0.05, 0.1) is 10.6 Å². The van der Waals surface area contributed by atoms with Crippen LogP contribution in [-0.4, -0.2) is 43.8 Å². The maximum absolute atomic E-state index is 14.5. The summed E-state index contributed by atoms with van der Waals surface area (Å²) in [6.45, 7) is -0.424. The van der Waals surface area contributed by atoms with Crippen molar-refractivity contribution < 1.29 is 18.0 Å². The molecule has 7 nitrogen and oxygen atoms in total. The molecule has 9 heteroatoms. The summed E-state index contributed by atoms with van der Waals surface area (Å²) >= 11 is 6.33. The summed E-state index contributed by atoms with van der Waals surface area (Å²) in [5.74, 6) is -0.753. The lowest BCUT2D eigenvalue weighted by atomic mass is 9.94. The lowest BCUT2D eigenvalue weighted by Crippen LogP contribution is -2.55. The standard InChI is InChI=1S/C36H38ClN3O4S/c37-30-17-13-16-29(24-30)26-39(34(25-28-14-5-1-6-15-28)36(42)38-31-18-7-2-8-19-31)35(41)27-40(32-20-9-3-10-21-32)45(43,44)33-22-11-4-12-23-33/h1,3-6,9-17,20-24,31,34H,2,7-8,18-19,25-27H2,(H,38,42)/t34-/m0/s1. The molecule has 0 bridgehead atoms. The Morgan fingerprint density at radius 1 is 0.778 bits per heavy atom. The molecule has 0 spiro atoms. The van der Waals surface area contributed by atoms with E-state index in [0.29, 0.717) is 10.7 Å². The van der Waals surface area contributed by atoms with Crippen LogP contribution in [0.2, 0.25) is 5.02 Å². The number of hydrogen-bond acceptors (Lipinski definition) is 4. The van der Waals surface area contributed by atoms with Crippen LogP contribution in [0.15, 0.2) is 120 Å². The van der Waals surface area contributed by atoms with Crippen LogP contribution in [0.1, 0.15) is 43.2 Å². The number of para-hydroxylation sites is 1. The Kier molecular flexibility index (Phi) is 10.9. The molecule has 0 saturated heterocycles. The summed E-state index contributed by atoms with van der Waals surface area (Å²) in [6, 6.07) is 32.5. The van der Waals surface area contributed by atoms with E-state index >= 15 is 0 Å². The highest BCUT2D eigenvalue weighted by atomic mass is 35.5. The molecule has 5 rings (SSSR count). The first-order valence-corrected chi connectivity index (χ1v) is 17.1. The van der Waals surface area contributed by atoms with E-state index in [2.05, 4.69) is 5.32 Å². The van der Waals surface area contributed by atoms with Crippen molar-refractivity contribution in [2.75, 3.05) is 10.8 Å². The van der Waals surface area contributed by atoms with Crippen molar-refractivity contribution in [3.05, 3.63) is 131 Å². The molecule has 1 saturated carbocycles. The summed E-state index contributed by atoms with van der Waals surface area (Å²) in [4.78, 5) is 30.2. The van der Waals surface area contributed by atoms with Crippen molar-refractivity contribution in [3.8, 4) is 0 Å². The molecule has 0 heterocycles. The number of sulfonamides is 1. The Balaban J connectivity index is 1.54. The number of nitrogens with zero attached hydrogens (tertiary/aromatic N) is 2. The number of carbonyl (C=O) groups is 2. The van der Waals surface area contributed by atoms with Gasteiger partial charge in [-0.1, -0.05) is 110 Å². The van der Waals surface area contributed by atoms with E-state index in [1.54, 1.807) is 66.7 Å². The minimum atomic E-state index is -4.13. The van der Waals surface area contributed by atoms with E-state index in [0.717, 1.165) is 47.5 Å². The van der Waals surface area contributed by atoms with Crippen molar-refractivity contribution in [1.29, 1.82) is 0 Å². The quantitative estimate of drug-likeness (QED) is 0.188. The zero-order valence-electron chi connectivity index (χ0n) is 25.1. The van der Waals surface area contributed by atoms with Gasteiger partial charge in [-0.15, -0.1) is 0 Å². The SMILES string of the molecule is O=C(NC1CCCCC1)[C@H](Cc1ccccc1)N(Cc1cccc(Cl)c1)C(=O)CN(c1ccccc1)S(=O)(=O)c1ccccc1. The van der Waals surface area contributed by atoms with Crippen LogP contribution in [0.4, 0.5) is 5.69 Å². The van der Waals surface area contributed by atoms with Gasteiger partial charge in [0.1, 0.15) is 12.6 Å². The first-order chi connectivity index (χ1) is 21.8. The number of rotatable bonds is 12. The first-order valence-electron chi connectivity index (χ1n) is 15.3. The van der Waals surface area contributed by atoms with Crippen LogP contribution >= 0.6 is 11.6 Å².